The van der Waals surface area contributed by atoms with Crippen LogP contribution in [0.25, 0.3) is 0 Å². The van der Waals surface area contributed by atoms with Gasteiger partial charge in [-0.3, -0.25) is 0 Å². The van der Waals surface area contributed by atoms with Crippen LogP contribution in [0, 0.1) is 6.92 Å². The van der Waals surface area contributed by atoms with Gasteiger partial charge in [0.2, 0.25) is 0 Å². The van der Waals surface area contributed by atoms with E-state index in [1.54, 1.807) is 0 Å². The number of hydrogen-bond donors (Lipinski definition) is 2. The maximum absolute atomic E-state index is 5.56. The summed E-state index contributed by atoms with van der Waals surface area (Å²) >= 11 is 0. The van der Waals surface area contributed by atoms with Gasteiger partial charge in [0, 0.05) is 0 Å². The zero-order valence-electron chi connectivity index (χ0n) is 12.5. The summed E-state index contributed by atoms with van der Waals surface area (Å²) in [6.07, 6.45) is 10.9. The van der Waals surface area contributed by atoms with Crippen LogP contribution >= 0.6 is 0 Å². The lowest BCUT2D eigenvalue weighted by atomic mass is 9.97. The van der Waals surface area contributed by atoms with E-state index in [0.29, 0.717) is 13.1 Å². The molecule has 0 aliphatic heterocycles. The predicted octanol–water partition coefficient (Wildman–Crippen LogP) is 3.34. The third-order valence-corrected chi connectivity index (χ3v) is 3.82. The van der Waals surface area contributed by atoms with Crippen LogP contribution in [0.2, 0.25) is 0 Å². The van der Waals surface area contributed by atoms with Gasteiger partial charge in [0.05, 0.1) is 0 Å². The molecule has 0 unspecified atom stereocenters. The molecule has 0 saturated heterocycles. The monoisotopic (exact) mass is 262 g/mol. The number of benzene rings is 1. The Morgan fingerprint density at radius 3 is 1.84 bits per heavy atom. The molecule has 2 rings (SSSR count). The quantitative estimate of drug-likeness (QED) is 0.874. The third-order valence-electron chi connectivity index (χ3n) is 3.82. The van der Waals surface area contributed by atoms with Crippen LogP contribution in [-0.4, -0.2) is 13.1 Å². The average molecular weight is 262 g/mol. The summed E-state index contributed by atoms with van der Waals surface area (Å²) in [4.78, 5) is 0. The highest BCUT2D eigenvalue weighted by atomic mass is 14.5. The van der Waals surface area contributed by atoms with Gasteiger partial charge >= 0.3 is 0 Å². The molecule has 0 amide bonds. The van der Waals surface area contributed by atoms with Gasteiger partial charge < -0.3 is 11.5 Å². The van der Waals surface area contributed by atoms with E-state index in [-0.39, 0.29) is 0 Å². The molecule has 1 saturated carbocycles. The van der Waals surface area contributed by atoms with Crippen molar-refractivity contribution >= 4 is 0 Å². The Morgan fingerprint density at radius 2 is 1.37 bits per heavy atom. The third kappa shape index (κ3) is 6.22. The van der Waals surface area contributed by atoms with E-state index in [1.165, 1.54) is 55.2 Å². The first-order valence-electron chi connectivity index (χ1n) is 7.77. The van der Waals surface area contributed by atoms with Crippen molar-refractivity contribution in [2.45, 2.75) is 58.3 Å². The van der Waals surface area contributed by atoms with Crippen molar-refractivity contribution in [1.82, 2.24) is 0 Å². The van der Waals surface area contributed by atoms with Gasteiger partial charge in [-0.05, 0) is 49.5 Å². The van der Waals surface area contributed by atoms with E-state index in [9.17, 15) is 0 Å². The Hall–Kier alpha value is -0.860. The lowest BCUT2D eigenvalue weighted by Gasteiger charge is -2.10. The Bertz CT molecular complexity index is 332. The summed E-state index contributed by atoms with van der Waals surface area (Å²) in [6.45, 7) is 3.55. The average Bonchev–Trinajstić information content (AvgIpc) is 2.46. The molecule has 2 nitrogen and oxygen atoms in total. The SMILES string of the molecule is C1CCCCC1.Cc1cccc(CCN)c1CCN. The normalized spacial score (nSPS) is 14.7. The highest BCUT2D eigenvalue weighted by Crippen LogP contribution is 2.15. The van der Waals surface area contributed by atoms with Crippen molar-refractivity contribution in [2.75, 3.05) is 13.1 Å². The molecule has 1 fully saturated rings. The molecular weight excluding hydrogens is 232 g/mol. The smallest absolute Gasteiger partial charge is 0.00365 e. The Labute approximate surface area is 118 Å². The van der Waals surface area contributed by atoms with Crippen LogP contribution in [0.4, 0.5) is 0 Å². The molecule has 108 valence electrons. The summed E-state index contributed by atoms with van der Waals surface area (Å²) in [5.41, 5.74) is 15.2. The molecule has 2 heteroatoms. The fourth-order valence-electron chi connectivity index (χ4n) is 2.72. The fraction of sp³-hybridized carbons (Fsp3) is 0.647. The summed E-state index contributed by atoms with van der Waals surface area (Å²) in [5, 5.41) is 0. The second kappa shape index (κ2) is 9.99. The first-order valence-corrected chi connectivity index (χ1v) is 7.77. The molecule has 0 bridgehead atoms. The molecule has 1 aromatic carbocycles. The van der Waals surface area contributed by atoms with E-state index in [2.05, 4.69) is 25.1 Å². The fourth-order valence-corrected chi connectivity index (χ4v) is 2.72. The van der Waals surface area contributed by atoms with Gasteiger partial charge in [-0.1, -0.05) is 56.7 Å². The minimum Gasteiger partial charge on any atom is -0.330 e. The van der Waals surface area contributed by atoms with Gasteiger partial charge in [-0.15, -0.1) is 0 Å². The summed E-state index contributed by atoms with van der Waals surface area (Å²) in [6, 6.07) is 6.36. The van der Waals surface area contributed by atoms with Gasteiger partial charge in [0.25, 0.3) is 0 Å². The van der Waals surface area contributed by atoms with E-state index < -0.39 is 0 Å². The van der Waals surface area contributed by atoms with Crippen molar-refractivity contribution < 1.29 is 0 Å². The summed E-state index contributed by atoms with van der Waals surface area (Å²) in [7, 11) is 0. The molecule has 0 radical (unpaired) electrons. The second-order valence-electron chi connectivity index (χ2n) is 5.41. The van der Waals surface area contributed by atoms with Gasteiger partial charge in [0.15, 0.2) is 0 Å². The van der Waals surface area contributed by atoms with Crippen molar-refractivity contribution in [2.24, 2.45) is 11.5 Å². The predicted molar refractivity (Wildman–Crippen MR) is 84.4 cm³/mol. The Balaban J connectivity index is 0.000000250. The lowest BCUT2D eigenvalue weighted by Crippen LogP contribution is -2.10. The Kier molecular flexibility index (Phi) is 8.52. The molecule has 0 atom stereocenters. The number of hydrogen-bond acceptors (Lipinski definition) is 2. The number of aryl methyl sites for hydroxylation is 1. The molecule has 1 aliphatic rings. The molecule has 4 N–H and O–H groups in total. The molecule has 0 spiro atoms. The molecule has 1 aromatic rings. The van der Waals surface area contributed by atoms with Gasteiger partial charge in [-0.25, -0.2) is 0 Å². The van der Waals surface area contributed by atoms with Gasteiger partial charge in [-0.2, -0.15) is 0 Å². The zero-order chi connectivity index (χ0) is 13.9. The second-order valence-corrected chi connectivity index (χ2v) is 5.41. The lowest BCUT2D eigenvalue weighted by molar-refractivity contribution is 0.504. The number of nitrogens with two attached hydrogens (primary N) is 2. The van der Waals surface area contributed by atoms with Crippen molar-refractivity contribution in [3.05, 3.63) is 34.9 Å². The first kappa shape index (κ1) is 16.2. The maximum Gasteiger partial charge on any atom is -0.00365 e. The van der Waals surface area contributed by atoms with Crippen molar-refractivity contribution in [3.8, 4) is 0 Å². The van der Waals surface area contributed by atoms with Crippen LogP contribution < -0.4 is 11.5 Å². The largest absolute Gasteiger partial charge is 0.330 e. The van der Waals surface area contributed by atoms with Crippen LogP contribution in [0.5, 0.6) is 0 Å². The minimum absolute atomic E-state index is 0.709. The molecule has 0 aromatic heterocycles. The minimum atomic E-state index is 0.709. The topological polar surface area (TPSA) is 52.0 Å². The van der Waals surface area contributed by atoms with Crippen molar-refractivity contribution in [3.63, 3.8) is 0 Å². The van der Waals surface area contributed by atoms with E-state index in [1.807, 2.05) is 0 Å². The summed E-state index contributed by atoms with van der Waals surface area (Å²) < 4.78 is 0. The number of rotatable bonds is 4. The van der Waals surface area contributed by atoms with Crippen LogP contribution in [-0.2, 0) is 12.8 Å². The molecule has 1 aliphatic carbocycles. The van der Waals surface area contributed by atoms with Crippen molar-refractivity contribution in [1.29, 1.82) is 0 Å². The highest BCUT2D eigenvalue weighted by Gasteiger charge is 2.03. The van der Waals surface area contributed by atoms with E-state index in [4.69, 9.17) is 11.5 Å². The van der Waals surface area contributed by atoms with Crippen LogP contribution in [0.3, 0.4) is 0 Å². The molecule has 0 heterocycles. The molecule has 19 heavy (non-hydrogen) atoms. The Morgan fingerprint density at radius 1 is 0.842 bits per heavy atom. The summed E-state index contributed by atoms with van der Waals surface area (Å²) in [5.74, 6) is 0. The van der Waals surface area contributed by atoms with Gasteiger partial charge in [0.1, 0.15) is 0 Å². The van der Waals surface area contributed by atoms with Crippen LogP contribution in [0.15, 0.2) is 18.2 Å². The van der Waals surface area contributed by atoms with E-state index in [0.717, 1.165) is 12.8 Å². The highest BCUT2D eigenvalue weighted by molar-refractivity contribution is 5.34. The zero-order valence-corrected chi connectivity index (χ0v) is 12.5. The van der Waals surface area contributed by atoms with E-state index >= 15 is 0 Å². The maximum atomic E-state index is 5.56. The standard InChI is InChI=1S/C11H18N2.C6H12/c1-9-3-2-4-10(5-7-12)11(9)6-8-13;1-2-4-6-5-3-1/h2-4H,5-8,12-13H2,1H3;1-6H2. The molecular formula is C17H30N2. The first-order chi connectivity index (χ1) is 9.29. The van der Waals surface area contributed by atoms with Crippen LogP contribution in [0.1, 0.15) is 55.2 Å².